The van der Waals surface area contributed by atoms with Gasteiger partial charge >= 0.3 is 0 Å². The highest BCUT2D eigenvalue weighted by Crippen LogP contribution is 2.23. The molecule has 0 spiro atoms. The minimum atomic E-state index is -0.320. The zero-order valence-electron chi connectivity index (χ0n) is 12.5. The molecule has 3 aromatic rings. The number of rotatable bonds is 4. The lowest BCUT2D eigenvalue weighted by Crippen LogP contribution is -2.23. The van der Waals surface area contributed by atoms with E-state index < -0.39 is 0 Å². The lowest BCUT2D eigenvalue weighted by Gasteiger charge is -2.19. The first kappa shape index (κ1) is 14.3. The Morgan fingerprint density at radius 1 is 0.818 bits per heavy atom. The van der Waals surface area contributed by atoms with Crippen molar-refractivity contribution in [1.29, 1.82) is 5.26 Å². The molecule has 0 amide bonds. The summed E-state index contributed by atoms with van der Waals surface area (Å²) in [7, 11) is 0. The highest BCUT2D eigenvalue weighted by atomic mass is 14.9. The molecule has 2 atom stereocenters. The Kier molecular flexibility index (Phi) is 4.18. The van der Waals surface area contributed by atoms with Crippen LogP contribution in [0, 0.1) is 11.3 Å². The van der Waals surface area contributed by atoms with Gasteiger partial charge in [-0.2, -0.15) is 5.26 Å². The van der Waals surface area contributed by atoms with Crippen molar-refractivity contribution < 1.29 is 0 Å². The van der Waals surface area contributed by atoms with Crippen LogP contribution in [0.3, 0.4) is 0 Å². The Morgan fingerprint density at radius 3 is 2.23 bits per heavy atom. The highest BCUT2D eigenvalue weighted by molar-refractivity contribution is 5.83. The van der Waals surface area contributed by atoms with E-state index >= 15 is 0 Å². The minimum absolute atomic E-state index is 0.123. The van der Waals surface area contributed by atoms with Gasteiger partial charge in [0.25, 0.3) is 0 Å². The second kappa shape index (κ2) is 6.43. The monoisotopic (exact) mass is 286 g/mol. The normalized spacial score (nSPS) is 13.5. The van der Waals surface area contributed by atoms with Gasteiger partial charge in [-0.25, -0.2) is 0 Å². The summed E-state index contributed by atoms with van der Waals surface area (Å²) in [5.74, 6) is 0. The maximum absolute atomic E-state index is 9.53. The number of nitriles is 1. The van der Waals surface area contributed by atoms with Gasteiger partial charge in [-0.3, -0.25) is 5.32 Å². The zero-order valence-corrected chi connectivity index (χ0v) is 12.5. The molecule has 1 N–H and O–H groups in total. The molecule has 0 unspecified atom stereocenters. The van der Waals surface area contributed by atoms with Crippen LogP contribution < -0.4 is 5.32 Å². The van der Waals surface area contributed by atoms with E-state index in [1.54, 1.807) is 0 Å². The lowest BCUT2D eigenvalue weighted by molar-refractivity contribution is 0.533. The Morgan fingerprint density at radius 2 is 1.50 bits per heavy atom. The fraction of sp³-hybridized carbons (Fsp3) is 0.150. The molecule has 3 aromatic carbocycles. The summed E-state index contributed by atoms with van der Waals surface area (Å²) in [6, 6.07) is 26.8. The topological polar surface area (TPSA) is 35.8 Å². The van der Waals surface area contributed by atoms with Crippen molar-refractivity contribution in [3.05, 3.63) is 83.9 Å². The third-order valence-corrected chi connectivity index (χ3v) is 3.95. The summed E-state index contributed by atoms with van der Waals surface area (Å²) in [5, 5.41) is 15.3. The molecule has 0 radical (unpaired) electrons. The van der Waals surface area contributed by atoms with Gasteiger partial charge < -0.3 is 0 Å². The van der Waals surface area contributed by atoms with Crippen LogP contribution in [0.2, 0.25) is 0 Å². The molecule has 0 aliphatic carbocycles. The van der Waals surface area contributed by atoms with E-state index in [9.17, 15) is 5.26 Å². The summed E-state index contributed by atoms with van der Waals surface area (Å²) >= 11 is 0. The third-order valence-electron chi connectivity index (χ3n) is 3.95. The first-order valence-corrected chi connectivity index (χ1v) is 7.47. The molecule has 108 valence electrons. The molecule has 2 heteroatoms. The first-order valence-electron chi connectivity index (χ1n) is 7.47. The van der Waals surface area contributed by atoms with Crippen LogP contribution in [-0.2, 0) is 0 Å². The molecule has 0 aliphatic rings. The predicted molar refractivity (Wildman–Crippen MR) is 90.3 cm³/mol. The van der Waals surface area contributed by atoms with E-state index in [0.29, 0.717) is 0 Å². The standard InChI is InChI=1S/C20H18N2/c1-15(16-7-3-2-4-8-16)22-20(14-21)19-12-11-17-9-5-6-10-18(17)13-19/h2-13,15,20,22H,1H3/t15-,20+/m0/s1. The van der Waals surface area contributed by atoms with E-state index in [-0.39, 0.29) is 12.1 Å². The minimum Gasteiger partial charge on any atom is -0.292 e. The predicted octanol–water partition coefficient (Wildman–Crippen LogP) is 4.76. The lowest BCUT2D eigenvalue weighted by atomic mass is 10.0. The van der Waals surface area contributed by atoms with Crippen LogP contribution in [0.5, 0.6) is 0 Å². The average molecular weight is 286 g/mol. The van der Waals surface area contributed by atoms with Crippen LogP contribution in [0.4, 0.5) is 0 Å². The van der Waals surface area contributed by atoms with E-state index in [0.717, 1.165) is 10.9 Å². The second-order valence-electron chi connectivity index (χ2n) is 5.47. The second-order valence-corrected chi connectivity index (χ2v) is 5.47. The van der Waals surface area contributed by atoms with Crippen LogP contribution in [0.1, 0.15) is 30.1 Å². The number of hydrogen-bond donors (Lipinski definition) is 1. The quantitative estimate of drug-likeness (QED) is 0.751. The molecule has 22 heavy (non-hydrogen) atoms. The fourth-order valence-electron chi connectivity index (χ4n) is 2.68. The number of fused-ring (bicyclic) bond motifs is 1. The van der Waals surface area contributed by atoms with Crippen molar-refractivity contribution in [1.82, 2.24) is 5.32 Å². The molecular formula is C20H18N2. The SMILES string of the molecule is C[C@H](N[C@H](C#N)c1ccc2ccccc2c1)c1ccccc1. The van der Waals surface area contributed by atoms with Crippen molar-refractivity contribution >= 4 is 10.8 Å². The van der Waals surface area contributed by atoms with E-state index in [4.69, 9.17) is 0 Å². The van der Waals surface area contributed by atoms with E-state index in [2.05, 4.69) is 54.7 Å². The van der Waals surface area contributed by atoms with Gasteiger partial charge in [0.05, 0.1) is 6.07 Å². The molecule has 3 rings (SSSR count). The van der Waals surface area contributed by atoms with Gasteiger partial charge in [0, 0.05) is 6.04 Å². The highest BCUT2D eigenvalue weighted by Gasteiger charge is 2.15. The molecular weight excluding hydrogens is 268 g/mol. The number of benzene rings is 3. The average Bonchev–Trinajstić information content (AvgIpc) is 2.59. The van der Waals surface area contributed by atoms with Crippen molar-refractivity contribution in [2.75, 3.05) is 0 Å². The Balaban J connectivity index is 1.85. The van der Waals surface area contributed by atoms with Gasteiger partial charge in [-0.1, -0.05) is 66.7 Å². The van der Waals surface area contributed by atoms with Crippen molar-refractivity contribution in [2.24, 2.45) is 0 Å². The molecule has 0 fully saturated rings. The van der Waals surface area contributed by atoms with Crippen molar-refractivity contribution in [3.63, 3.8) is 0 Å². The molecule has 0 saturated carbocycles. The summed E-state index contributed by atoms with van der Waals surface area (Å²) in [6.07, 6.45) is 0. The molecule has 0 saturated heterocycles. The maximum Gasteiger partial charge on any atom is 0.121 e. The van der Waals surface area contributed by atoms with Crippen LogP contribution >= 0.6 is 0 Å². The molecule has 0 aliphatic heterocycles. The smallest absolute Gasteiger partial charge is 0.121 e. The van der Waals surface area contributed by atoms with Gasteiger partial charge in [-0.15, -0.1) is 0 Å². The Hall–Kier alpha value is -2.63. The number of nitrogens with one attached hydrogen (secondary N) is 1. The van der Waals surface area contributed by atoms with Gasteiger partial charge in [0.2, 0.25) is 0 Å². The van der Waals surface area contributed by atoms with Crippen LogP contribution in [0.25, 0.3) is 10.8 Å². The molecule has 0 bridgehead atoms. The Bertz CT molecular complexity index is 803. The fourth-order valence-corrected chi connectivity index (χ4v) is 2.68. The van der Waals surface area contributed by atoms with Crippen LogP contribution in [0.15, 0.2) is 72.8 Å². The number of hydrogen-bond acceptors (Lipinski definition) is 2. The molecule has 2 nitrogen and oxygen atoms in total. The number of nitrogens with zero attached hydrogens (tertiary/aromatic N) is 1. The largest absolute Gasteiger partial charge is 0.292 e. The maximum atomic E-state index is 9.53. The summed E-state index contributed by atoms with van der Waals surface area (Å²) in [4.78, 5) is 0. The summed E-state index contributed by atoms with van der Waals surface area (Å²) < 4.78 is 0. The van der Waals surface area contributed by atoms with Gasteiger partial charge in [0.1, 0.15) is 6.04 Å². The summed E-state index contributed by atoms with van der Waals surface area (Å²) in [6.45, 7) is 2.08. The zero-order chi connectivity index (χ0) is 15.4. The summed E-state index contributed by atoms with van der Waals surface area (Å²) in [5.41, 5.74) is 2.19. The third kappa shape index (κ3) is 3.00. The van der Waals surface area contributed by atoms with E-state index in [1.807, 2.05) is 36.4 Å². The van der Waals surface area contributed by atoms with Crippen molar-refractivity contribution in [3.8, 4) is 6.07 Å². The molecule has 0 aromatic heterocycles. The molecule has 0 heterocycles. The van der Waals surface area contributed by atoms with Gasteiger partial charge in [-0.05, 0) is 34.9 Å². The van der Waals surface area contributed by atoms with Crippen molar-refractivity contribution in [2.45, 2.75) is 19.0 Å². The van der Waals surface area contributed by atoms with Crippen LogP contribution in [-0.4, -0.2) is 0 Å². The first-order chi connectivity index (χ1) is 10.8. The Labute approximate surface area is 131 Å². The van der Waals surface area contributed by atoms with E-state index in [1.165, 1.54) is 10.9 Å². The van der Waals surface area contributed by atoms with Gasteiger partial charge in [0.15, 0.2) is 0 Å².